The van der Waals surface area contributed by atoms with Crippen molar-refractivity contribution in [2.75, 3.05) is 20.2 Å². The molecule has 35 heavy (non-hydrogen) atoms. The van der Waals surface area contributed by atoms with Gasteiger partial charge in [-0.25, -0.2) is 0 Å². The molecule has 0 bridgehead atoms. The molecule has 0 amide bonds. The zero-order chi connectivity index (χ0) is 24.6. The highest BCUT2D eigenvalue weighted by Crippen LogP contribution is 2.32. The van der Waals surface area contributed by atoms with Crippen molar-refractivity contribution in [2.45, 2.75) is 46.5 Å². The monoisotopic (exact) mass is 468 g/mol. The van der Waals surface area contributed by atoms with E-state index in [9.17, 15) is 0 Å². The zero-order valence-electron chi connectivity index (χ0n) is 21.3. The van der Waals surface area contributed by atoms with Gasteiger partial charge in [0.15, 0.2) is 0 Å². The molecule has 2 aromatic heterocycles. The molecule has 4 aromatic rings. The number of oxime groups is 1. The van der Waals surface area contributed by atoms with Crippen LogP contribution in [0.15, 0.2) is 66.1 Å². The van der Waals surface area contributed by atoms with Crippen LogP contribution in [-0.2, 0) is 17.7 Å². The third-order valence-electron chi connectivity index (χ3n) is 6.43. The van der Waals surface area contributed by atoms with Crippen LogP contribution in [0.2, 0.25) is 0 Å². The van der Waals surface area contributed by atoms with E-state index in [1.807, 2.05) is 19.3 Å². The summed E-state index contributed by atoms with van der Waals surface area (Å²) in [7, 11) is 1.59. The second kappa shape index (κ2) is 11.8. The Morgan fingerprint density at radius 1 is 0.943 bits per heavy atom. The van der Waals surface area contributed by atoms with Crippen LogP contribution in [0.25, 0.3) is 22.2 Å². The fraction of sp³-hybridized carbons (Fsp3) is 0.333. The molecule has 4 rings (SSSR count). The minimum Gasteiger partial charge on any atom is -0.399 e. The Kier molecular flexibility index (Phi) is 8.32. The van der Waals surface area contributed by atoms with Crippen LogP contribution >= 0.6 is 0 Å². The second-order valence-corrected chi connectivity index (χ2v) is 9.29. The number of nitrogens with zero attached hydrogens (tertiary/aromatic N) is 2. The minimum atomic E-state index is 0.877. The molecule has 0 saturated heterocycles. The number of pyridine rings is 1. The Labute approximate surface area is 208 Å². The highest BCUT2D eigenvalue weighted by molar-refractivity contribution is 6.03. The molecule has 0 aliphatic heterocycles. The summed E-state index contributed by atoms with van der Waals surface area (Å²) >= 11 is 0. The number of fused-ring (bicyclic) bond motifs is 1. The maximum absolute atomic E-state index is 5.01. The summed E-state index contributed by atoms with van der Waals surface area (Å²) in [6.45, 7) is 8.27. The summed E-state index contributed by atoms with van der Waals surface area (Å²) < 4.78 is 0. The standard InChI is InChI=1S/C30H36N4O/c1-21-17-22(2)19-26(18-21)30-27(12-16-31-13-6-5-7-24-10-14-32-15-11-24)28-20-25(23(3)34-35-4)8-9-29(28)33-30/h8-11,14-15,17-20,31,33H,5-7,12-13,16H2,1-4H3/b34-23+. The summed E-state index contributed by atoms with van der Waals surface area (Å²) in [5.74, 6) is 0. The first kappa shape index (κ1) is 24.7. The Bertz CT molecular complexity index is 1270. The highest BCUT2D eigenvalue weighted by Gasteiger charge is 2.15. The van der Waals surface area contributed by atoms with E-state index in [1.54, 1.807) is 7.11 Å². The topological polar surface area (TPSA) is 62.3 Å². The number of hydrogen-bond acceptors (Lipinski definition) is 4. The van der Waals surface area contributed by atoms with Gasteiger partial charge in [0, 0.05) is 29.0 Å². The van der Waals surface area contributed by atoms with E-state index in [1.165, 1.54) is 45.3 Å². The molecule has 182 valence electrons. The SMILES string of the molecule is CO/N=C(\C)c1ccc2[nH]c(-c3cc(C)cc(C)c3)c(CCNCCCCc3ccncc3)c2c1. The number of aromatic amines is 1. The second-order valence-electron chi connectivity index (χ2n) is 9.29. The van der Waals surface area contributed by atoms with E-state index in [4.69, 9.17) is 4.84 Å². The summed E-state index contributed by atoms with van der Waals surface area (Å²) in [5.41, 5.74) is 10.8. The number of nitrogens with one attached hydrogen (secondary N) is 2. The number of hydrogen-bond donors (Lipinski definition) is 2. The Balaban J connectivity index is 1.50. The molecule has 5 nitrogen and oxygen atoms in total. The highest BCUT2D eigenvalue weighted by atomic mass is 16.6. The van der Waals surface area contributed by atoms with Gasteiger partial charge < -0.3 is 15.1 Å². The molecule has 2 N–H and O–H groups in total. The van der Waals surface area contributed by atoms with Crippen LogP contribution < -0.4 is 5.32 Å². The normalized spacial score (nSPS) is 11.8. The molecule has 5 heteroatoms. The lowest BCUT2D eigenvalue weighted by Crippen LogP contribution is -2.18. The van der Waals surface area contributed by atoms with E-state index in [2.05, 4.69) is 82.8 Å². The van der Waals surface area contributed by atoms with E-state index < -0.39 is 0 Å². The maximum atomic E-state index is 5.01. The van der Waals surface area contributed by atoms with E-state index in [0.29, 0.717) is 0 Å². The molecular weight excluding hydrogens is 432 g/mol. The van der Waals surface area contributed by atoms with E-state index in [-0.39, 0.29) is 0 Å². The van der Waals surface area contributed by atoms with E-state index in [0.717, 1.165) is 49.1 Å². The van der Waals surface area contributed by atoms with Crippen LogP contribution in [0.1, 0.15) is 47.6 Å². The number of H-pyrrole nitrogens is 1. The molecule has 0 spiro atoms. The minimum absolute atomic E-state index is 0.877. The van der Waals surface area contributed by atoms with Crippen LogP contribution in [0.3, 0.4) is 0 Å². The molecule has 0 unspecified atom stereocenters. The first-order valence-corrected chi connectivity index (χ1v) is 12.5. The third kappa shape index (κ3) is 6.37. The summed E-state index contributed by atoms with van der Waals surface area (Å²) in [6.07, 6.45) is 8.15. The van der Waals surface area contributed by atoms with Crippen LogP contribution in [0, 0.1) is 13.8 Å². The molecule has 0 aliphatic carbocycles. The summed E-state index contributed by atoms with van der Waals surface area (Å²) in [5, 5.41) is 9.05. The largest absolute Gasteiger partial charge is 0.399 e. The van der Waals surface area contributed by atoms with Gasteiger partial charge in [-0.1, -0.05) is 28.4 Å². The third-order valence-corrected chi connectivity index (χ3v) is 6.43. The van der Waals surface area contributed by atoms with Gasteiger partial charge >= 0.3 is 0 Å². The van der Waals surface area contributed by atoms with Crippen LogP contribution in [0.4, 0.5) is 0 Å². The first-order chi connectivity index (χ1) is 17.0. The van der Waals surface area contributed by atoms with Crippen molar-refractivity contribution in [2.24, 2.45) is 5.16 Å². The van der Waals surface area contributed by atoms with Crippen molar-refractivity contribution in [3.63, 3.8) is 0 Å². The molecule has 2 heterocycles. The smallest absolute Gasteiger partial charge is 0.106 e. The number of rotatable bonds is 11. The molecule has 0 saturated carbocycles. The quantitative estimate of drug-likeness (QED) is 0.153. The van der Waals surface area contributed by atoms with Gasteiger partial charge in [-0.05, 0) is 118 Å². The molecule has 0 fully saturated rings. The number of aromatic nitrogens is 2. The summed E-state index contributed by atoms with van der Waals surface area (Å²) in [4.78, 5) is 12.8. The average Bonchev–Trinajstić information content (AvgIpc) is 3.21. The molecule has 0 radical (unpaired) electrons. The van der Waals surface area contributed by atoms with Crippen molar-refractivity contribution in [3.8, 4) is 11.3 Å². The predicted molar refractivity (Wildman–Crippen MR) is 146 cm³/mol. The van der Waals surface area contributed by atoms with Crippen molar-refractivity contribution in [3.05, 3.63) is 88.7 Å². The zero-order valence-corrected chi connectivity index (χ0v) is 21.3. The van der Waals surface area contributed by atoms with Gasteiger partial charge in [-0.15, -0.1) is 0 Å². The van der Waals surface area contributed by atoms with Gasteiger partial charge in [0.1, 0.15) is 7.11 Å². The van der Waals surface area contributed by atoms with Crippen molar-refractivity contribution in [1.82, 2.24) is 15.3 Å². The lowest BCUT2D eigenvalue weighted by atomic mass is 9.98. The predicted octanol–water partition coefficient (Wildman–Crippen LogP) is 6.37. The fourth-order valence-corrected chi connectivity index (χ4v) is 4.75. The molecular formula is C30H36N4O. The molecule has 0 aliphatic rings. The Morgan fingerprint density at radius 2 is 1.71 bits per heavy atom. The van der Waals surface area contributed by atoms with Crippen molar-refractivity contribution >= 4 is 16.6 Å². The fourth-order valence-electron chi connectivity index (χ4n) is 4.75. The van der Waals surface area contributed by atoms with E-state index >= 15 is 0 Å². The van der Waals surface area contributed by atoms with Crippen LogP contribution in [0.5, 0.6) is 0 Å². The van der Waals surface area contributed by atoms with Gasteiger partial charge in [-0.2, -0.15) is 0 Å². The summed E-state index contributed by atoms with van der Waals surface area (Å²) in [6, 6.07) is 17.5. The van der Waals surface area contributed by atoms with Gasteiger partial charge in [0.25, 0.3) is 0 Å². The lowest BCUT2D eigenvalue weighted by molar-refractivity contribution is 0.213. The van der Waals surface area contributed by atoms with Gasteiger partial charge in [0.2, 0.25) is 0 Å². The molecule has 0 atom stereocenters. The number of aryl methyl sites for hydroxylation is 3. The van der Waals surface area contributed by atoms with Gasteiger partial charge in [0.05, 0.1) is 5.71 Å². The first-order valence-electron chi connectivity index (χ1n) is 12.5. The number of benzene rings is 2. The van der Waals surface area contributed by atoms with Crippen LogP contribution in [-0.4, -0.2) is 35.9 Å². The molecule has 2 aromatic carbocycles. The van der Waals surface area contributed by atoms with Crippen molar-refractivity contribution < 1.29 is 4.84 Å². The maximum Gasteiger partial charge on any atom is 0.106 e. The van der Waals surface area contributed by atoms with Gasteiger partial charge in [-0.3, -0.25) is 4.98 Å². The average molecular weight is 469 g/mol. The Morgan fingerprint density at radius 3 is 2.46 bits per heavy atom. The lowest BCUT2D eigenvalue weighted by Gasteiger charge is -2.09. The Hall–Kier alpha value is -3.44. The number of unbranched alkanes of at least 4 members (excludes halogenated alkanes) is 1. The van der Waals surface area contributed by atoms with Crippen molar-refractivity contribution in [1.29, 1.82) is 0 Å².